The van der Waals surface area contributed by atoms with Gasteiger partial charge in [-0.3, -0.25) is 19.7 Å². The summed E-state index contributed by atoms with van der Waals surface area (Å²) in [5.41, 5.74) is 7.10. The fraction of sp³-hybridized carbons (Fsp3) is 0.176. The van der Waals surface area contributed by atoms with Gasteiger partial charge in [0.25, 0.3) is 11.1 Å². The summed E-state index contributed by atoms with van der Waals surface area (Å²) in [6.45, 7) is 1.86. The molecule has 3 amide bonds. The number of nitrogens with two attached hydrogens (primary N) is 1. The number of aromatic nitrogens is 1. The van der Waals surface area contributed by atoms with Crippen molar-refractivity contribution in [2.75, 3.05) is 0 Å². The van der Waals surface area contributed by atoms with Gasteiger partial charge in [-0.05, 0) is 36.6 Å². The molecule has 0 saturated carbocycles. The van der Waals surface area contributed by atoms with Crippen molar-refractivity contribution >= 4 is 28.8 Å². The molecule has 2 aromatic rings. The van der Waals surface area contributed by atoms with E-state index < -0.39 is 11.2 Å². The summed E-state index contributed by atoms with van der Waals surface area (Å²) in [4.78, 5) is 38.1. The number of benzene rings is 1. The van der Waals surface area contributed by atoms with Gasteiger partial charge in [0.1, 0.15) is 11.4 Å². The lowest BCUT2D eigenvalue weighted by atomic mass is 10.1. The molecule has 1 aliphatic heterocycles. The molecule has 7 nitrogen and oxygen atoms in total. The van der Waals surface area contributed by atoms with Gasteiger partial charge in [-0.15, -0.1) is 0 Å². The average molecular weight is 357 g/mol. The van der Waals surface area contributed by atoms with Crippen LogP contribution in [-0.4, -0.2) is 27.3 Å². The highest BCUT2D eigenvalue weighted by atomic mass is 32.2. The Morgan fingerprint density at radius 3 is 2.76 bits per heavy atom. The highest BCUT2D eigenvalue weighted by molar-refractivity contribution is 8.15. The van der Waals surface area contributed by atoms with E-state index in [2.05, 4.69) is 10.3 Å². The van der Waals surface area contributed by atoms with Gasteiger partial charge in [-0.1, -0.05) is 30.0 Å². The van der Waals surface area contributed by atoms with Crippen molar-refractivity contribution in [1.82, 2.24) is 10.3 Å². The lowest BCUT2D eigenvalue weighted by Gasteiger charge is -2.11. The number of imide groups is 1. The number of hydrogen-bond acceptors (Lipinski definition) is 6. The van der Waals surface area contributed by atoms with Gasteiger partial charge in [0.15, 0.2) is 0 Å². The number of primary amides is 1. The topological polar surface area (TPSA) is 111 Å². The van der Waals surface area contributed by atoms with Crippen molar-refractivity contribution in [2.24, 2.45) is 5.73 Å². The highest BCUT2D eigenvalue weighted by Gasteiger charge is 2.31. The minimum atomic E-state index is -0.626. The molecule has 1 saturated heterocycles. The molecule has 1 aromatic heterocycles. The molecule has 0 spiro atoms. The Balaban J connectivity index is 1.74. The van der Waals surface area contributed by atoms with Crippen LogP contribution >= 0.6 is 11.8 Å². The monoisotopic (exact) mass is 357 g/mol. The molecule has 1 aromatic carbocycles. The number of hydrogen-bond donors (Lipinski definition) is 2. The third kappa shape index (κ3) is 3.97. The summed E-state index contributed by atoms with van der Waals surface area (Å²) in [6.07, 6.45) is 0.457. The molecular formula is C17H15N3O4S. The Hall–Kier alpha value is -2.87. The SMILES string of the molecule is Cc1cc(CC2SC(=O)NC2=O)ccc1Oc1cccc(C(N)=O)n1. The normalized spacial score (nSPS) is 16.6. The van der Waals surface area contributed by atoms with E-state index in [0.29, 0.717) is 12.2 Å². The molecule has 1 fully saturated rings. The smallest absolute Gasteiger partial charge is 0.286 e. The van der Waals surface area contributed by atoms with Gasteiger partial charge in [-0.2, -0.15) is 0 Å². The van der Waals surface area contributed by atoms with Crippen molar-refractivity contribution < 1.29 is 19.1 Å². The van der Waals surface area contributed by atoms with Gasteiger partial charge in [0, 0.05) is 6.07 Å². The molecule has 2 heterocycles. The number of ether oxygens (including phenoxy) is 1. The van der Waals surface area contributed by atoms with E-state index in [1.165, 1.54) is 6.07 Å². The Labute approximate surface area is 148 Å². The standard InChI is InChI=1S/C17H15N3O4S/c1-9-7-10(8-13-16(22)20-17(23)25-13)5-6-12(9)24-14-4-2-3-11(19-14)15(18)21/h2-7,13H,8H2,1H3,(H2,18,21)(H,20,22,23). The van der Waals surface area contributed by atoms with Crippen LogP contribution < -0.4 is 15.8 Å². The lowest BCUT2D eigenvalue weighted by Crippen LogP contribution is -2.25. The second-order valence-corrected chi connectivity index (χ2v) is 6.69. The van der Waals surface area contributed by atoms with Crippen LogP contribution in [0.1, 0.15) is 21.6 Å². The third-order valence-corrected chi connectivity index (χ3v) is 4.60. The number of aryl methyl sites for hydroxylation is 1. The van der Waals surface area contributed by atoms with Crippen LogP contribution in [0.3, 0.4) is 0 Å². The second kappa shape index (κ2) is 6.94. The third-order valence-electron chi connectivity index (χ3n) is 3.62. The summed E-state index contributed by atoms with van der Waals surface area (Å²) >= 11 is 1.00. The molecule has 3 rings (SSSR count). The van der Waals surface area contributed by atoms with Crippen LogP contribution in [0.15, 0.2) is 36.4 Å². The van der Waals surface area contributed by atoms with E-state index in [0.717, 1.165) is 22.9 Å². The molecule has 0 radical (unpaired) electrons. The number of nitrogens with one attached hydrogen (secondary N) is 1. The molecule has 8 heteroatoms. The number of nitrogens with zero attached hydrogens (tertiary/aromatic N) is 1. The van der Waals surface area contributed by atoms with Crippen LogP contribution in [0.5, 0.6) is 11.6 Å². The van der Waals surface area contributed by atoms with Crippen LogP contribution in [0.2, 0.25) is 0 Å². The molecule has 3 N–H and O–H groups in total. The maximum absolute atomic E-state index is 11.6. The molecule has 1 atom stereocenters. The van der Waals surface area contributed by atoms with E-state index in [4.69, 9.17) is 10.5 Å². The Kier molecular flexibility index (Phi) is 4.71. The van der Waals surface area contributed by atoms with Crippen LogP contribution in [-0.2, 0) is 11.2 Å². The van der Waals surface area contributed by atoms with Gasteiger partial charge in [0.2, 0.25) is 11.8 Å². The van der Waals surface area contributed by atoms with Crippen molar-refractivity contribution in [1.29, 1.82) is 0 Å². The zero-order chi connectivity index (χ0) is 18.0. The molecule has 0 bridgehead atoms. The highest BCUT2D eigenvalue weighted by Crippen LogP contribution is 2.28. The van der Waals surface area contributed by atoms with Crippen molar-refractivity contribution in [3.63, 3.8) is 0 Å². The zero-order valence-electron chi connectivity index (χ0n) is 13.3. The average Bonchev–Trinajstić information content (AvgIpc) is 2.88. The maximum atomic E-state index is 11.6. The van der Waals surface area contributed by atoms with Gasteiger partial charge in [-0.25, -0.2) is 4.98 Å². The Morgan fingerprint density at radius 2 is 2.12 bits per heavy atom. The molecule has 1 aliphatic rings. The summed E-state index contributed by atoms with van der Waals surface area (Å²) in [5, 5.41) is 1.55. The van der Waals surface area contributed by atoms with Gasteiger partial charge in [0.05, 0.1) is 5.25 Å². The first-order chi connectivity index (χ1) is 11.9. The van der Waals surface area contributed by atoms with E-state index >= 15 is 0 Å². The van der Waals surface area contributed by atoms with E-state index in [9.17, 15) is 14.4 Å². The number of thioether (sulfide) groups is 1. The predicted octanol–water partition coefficient (Wildman–Crippen LogP) is 2.18. The number of carbonyl (C=O) groups is 3. The van der Waals surface area contributed by atoms with Crippen molar-refractivity contribution in [2.45, 2.75) is 18.6 Å². The summed E-state index contributed by atoms with van der Waals surface area (Å²) in [6, 6.07) is 10.3. The molecular weight excluding hydrogens is 342 g/mol. The minimum absolute atomic E-state index is 0.126. The van der Waals surface area contributed by atoms with Crippen molar-refractivity contribution in [3.05, 3.63) is 53.2 Å². The zero-order valence-corrected chi connectivity index (χ0v) is 14.1. The van der Waals surface area contributed by atoms with Crippen LogP contribution in [0, 0.1) is 6.92 Å². The molecule has 1 unspecified atom stereocenters. The Morgan fingerprint density at radius 1 is 1.32 bits per heavy atom. The fourth-order valence-corrected chi connectivity index (χ4v) is 3.28. The van der Waals surface area contributed by atoms with E-state index in [1.807, 2.05) is 19.1 Å². The first-order valence-corrected chi connectivity index (χ1v) is 8.36. The molecule has 128 valence electrons. The largest absolute Gasteiger partial charge is 0.439 e. The lowest BCUT2D eigenvalue weighted by molar-refractivity contribution is -0.118. The number of rotatable bonds is 5. The second-order valence-electron chi connectivity index (χ2n) is 5.51. The number of carbonyl (C=O) groups excluding carboxylic acids is 3. The van der Waals surface area contributed by atoms with Gasteiger partial charge >= 0.3 is 0 Å². The first kappa shape index (κ1) is 17.0. The molecule has 0 aliphatic carbocycles. The van der Waals surface area contributed by atoms with E-state index in [-0.39, 0.29) is 22.7 Å². The fourth-order valence-electron chi connectivity index (χ4n) is 2.42. The number of amides is 3. The minimum Gasteiger partial charge on any atom is -0.439 e. The van der Waals surface area contributed by atoms with E-state index in [1.54, 1.807) is 18.2 Å². The predicted molar refractivity (Wildman–Crippen MR) is 92.6 cm³/mol. The van der Waals surface area contributed by atoms with Gasteiger partial charge < -0.3 is 10.5 Å². The Bertz CT molecular complexity index is 869. The quantitative estimate of drug-likeness (QED) is 0.848. The van der Waals surface area contributed by atoms with Crippen molar-refractivity contribution in [3.8, 4) is 11.6 Å². The molecule has 25 heavy (non-hydrogen) atoms. The first-order valence-electron chi connectivity index (χ1n) is 7.48. The maximum Gasteiger partial charge on any atom is 0.286 e. The summed E-state index contributed by atoms with van der Waals surface area (Å²) in [5.74, 6) is -0.0409. The van der Waals surface area contributed by atoms with Crippen LogP contribution in [0.4, 0.5) is 4.79 Å². The van der Waals surface area contributed by atoms with Crippen LogP contribution in [0.25, 0.3) is 0 Å². The summed E-state index contributed by atoms with van der Waals surface area (Å²) in [7, 11) is 0. The summed E-state index contributed by atoms with van der Waals surface area (Å²) < 4.78 is 5.71. The number of pyridine rings is 1.